The average molecular weight is 676 g/mol. The number of fused-ring (bicyclic) bond motifs is 13. The van der Waals surface area contributed by atoms with Crippen LogP contribution in [-0.4, -0.2) is 0 Å². The van der Waals surface area contributed by atoms with E-state index in [2.05, 4.69) is 207 Å². The predicted octanol–water partition coefficient (Wildman–Crippen LogP) is 13.5. The largest absolute Gasteiger partial charge is 0.310 e. The van der Waals surface area contributed by atoms with Crippen LogP contribution >= 0.6 is 0 Å². The fraction of sp³-hybridized carbons (Fsp3) is 0.0769. The van der Waals surface area contributed by atoms with Gasteiger partial charge in [0.2, 0.25) is 0 Å². The summed E-state index contributed by atoms with van der Waals surface area (Å²) in [4.78, 5) is 2.43. The van der Waals surface area contributed by atoms with Crippen LogP contribution in [0.3, 0.4) is 0 Å². The Labute approximate surface area is 311 Å². The molecule has 1 heteroatoms. The molecule has 0 amide bonds. The molecule has 1 nitrogen and oxygen atoms in total. The summed E-state index contributed by atoms with van der Waals surface area (Å²) in [6.45, 7) is 4.72. The van der Waals surface area contributed by atoms with Crippen molar-refractivity contribution < 1.29 is 0 Å². The first kappa shape index (κ1) is 30.2. The van der Waals surface area contributed by atoms with E-state index >= 15 is 0 Å². The van der Waals surface area contributed by atoms with Gasteiger partial charge < -0.3 is 4.90 Å². The van der Waals surface area contributed by atoms with Gasteiger partial charge in [0.25, 0.3) is 0 Å². The van der Waals surface area contributed by atoms with Crippen molar-refractivity contribution in [2.24, 2.45) is 0 Å². The van der Waals surface area contributed by atoms with Crippen molar-refractivity contribution in [1.82, 2.24) is 0 Å². The Bertz CT molecular complexity index is 2710. The summed E-state index contributed by atoms with van der Waals surface area (Å²) in [6.07, 6.45) is 0. The third kappa shape index (κ3) is 4.02. The van der Waals surface area contributed by atoms with Crippen LogP contribution in [0.1, 0.15) is 47.2 Å². The number of para-hydroxylation sites is 1. The second kappa shape index (κ2) is 11.0. The van der Waals surface area contributed by atoms with Crippen LogP contribution in [0.15, 0.2) is 188 Å². The number of hydrogen-bond acceptors (Lipinski definition) is 1. The van der Waals surface area contributed by atoms with Gasteiger partial charge in [-0.3, -0.25) is 0 Å². The van der Waals surface area contributed by atoms with E-state index in [1.807, 2.05) is 0 Å². The van der Waals surface area contributed by atoms with E-state index in [9.17, 15) is 0 Å². The average Bonchev–Trinajstić information content (AvgIpc) is 3.77. The zero-order chi connectivity index (χ0) is 35.3. The number of anilines is 3. The Morgan fingerprint density at radius 3 is 1.43 bits per heavy atom. The monoisotopic (exact) mass is 675 g/mol. The highest BCUT2D eigenvalue weighted by Gasteiger charge is 2.52. The SMILES string of the molecule is CC1(C)c2ccccc2-c2ccc(N(c3ccccc3)c3cccc(-c4cccc5c4C4(c6ccccc6-c6ccccc64)c4ccccc4-5)c3)cc21. The predicted molar refractivity (Wildman–Crippen MR) is 220 cm³/mol. The van der Waals surface area contributed by atoms with E-state index < -0.39 is 5.41 Å². The Morgan fingerprint density at radius 1 is 0.321 bits per heavy atom. The van der Waals surface area contributed by atoms with Gasteiger partial charge in [-0.25, -0.2) is 0 Å². The van der Waals surface area contributed by atoms with E-state index in [0.29, 0.717) is 0 Å². The summed E-state index contributed by atoms with van der Waals surface area (Å²) >= 11 is 0. The molecule has 0 aromatic heterocycles. The second-order valence-electron chi connectivity index (χ2n) is 15.2. The normalized spacial score (nSPS) is 14.5. The zero-order valence-corrected chi connectivity index (χ0v) is 29.8. The molecule has 0 bridgehead atoms. The zero-order valence-electron chi connectivity index (χ0n) is 29.8. The molecule has 8 aromatic carbocycles. The quantitative estimate of drug-likeness (QED) is 0.179. The smallest absolute Gasteiger partial charge is 0.0731 e. The molecule has 1 spiro atoms. The van der Waals surface area contributed by atoms with Crippen molar-refractivity contribution in [1.29, 1.82) is 0 Å². The molecule has 3 aliphatic rings. The molecular formula is C52H37N. The molecule has 0 atom stereocenters. The number of nitrogens with zero attached hydrogens (tertiary/aromatic N) is 1. The van der Waals surface area contributed by atoms with Gasteiger partial charge in [-0.15, -0.1) is 0 Å². The third-order valence-corrected chi connectivity index (χ3v) is 12.3. The Hall–Kier alpha value is -6.44. The van der Waals surface area contributed by atoms with Gasteiger partial charge >= 0.3 is 0 Å². The number of rotatable bonds is 4. The minimum atomic E-state index is -0.411. The molecule has 0 fully saturated rings. The summed E-state index contributed by atoms with van der Waals surface area (Å²) in [6, 6.07) is 70.1. The minimum Gasteiger partial charge on any atom is -0.310 e. The van der Waals surface area contributed by atoms with Crippen molar-refractivity contribution in [2.75, 3.05) is 4.90 Å². The number of hydrogen-bond donors (Lipinski definition) is 0. The van der Waals surface area contributed by atoms with Crippen molar-refractivity contribution in [2.45, 2.75) is 24.7 Å². The molecule has 0 radical (unpaired) electrons. The highest BCUT2D eigenvalue weighted by molar-refractivity contribution is 5.99. The number of benzene rings is 8. The van der Waals surface area contributed by atoms with Crippen molar-refractivity contribution in [3.63, 3.8) is 0 Å². The van der Waals surface area contributed by atoms with Crippen molar-refractivity contribution in [3.8, 4) is 44.5 Å². The highest BCUT2D eigenvalue weighted by atomic mass is 15.1. The van der Waals surface area contributed by atoms with Crippen LogP contribution in [0, 0.1) is 0 Å². The van der Waals surface area contributed by atoms with E-state index in [1.165, 1.54) is 77.9 Å². The Morgan fingerprint density at radius 2 is 0.774 bits per heavy atom. The lowest BCUT2D eigenvalue weighted by molar-refractivity contribution is 0.660. The van der Waals surface area contributed by atoms with E-state index in [4.69, 9.17) is 0 Å². The van der Waals surface area contributed by atoms with Crippen LogP contribution < -0.4 is 4.90 Å². The summed E-state index contributed by atoms with van der Waals surface area (Å²) in [5, 5.41) is 0. The molecular weight excluding hydrogens is 639 g/mol. The highest BCUT2D eigenvalue weighted by Crippen LogP contribution is 2.64. The maximum atomic E-state index is 2.43. The van der Waals surface area contributed by atoms with Gasteiger partial charge in [0.15, 0.2) is 0 Å². The molecule has 0 N–H and O–H groups in total. The standard InChI is InChI=1S/C52H37N/c1-51(2)45-26-10-6-20-39(45)43-31-30-37(33-49(43)51)53(35-17-4-3-5-18-35)36-19-14-16-34(32-36)38-24-15-25-44-42-23-9-13-29-48(42)52(50(38)44)46-27-11-7-21-40(46)41-22-8-12-28-47(41)52/h3-33H,1-2H3. The Balaban J connectivity index is 1.13. The van der Waals surface area contributed by atoms with Crippen LogP contribution in [0.5, 0.6) is 0 Å². The first-order chi connectivity index (χ1) is 26.1. The maximum Gasteiger partial charge on any atom is 0.0731 e. The van der Waals surface area contributed by atoms with E-state index in [-0.39, 0.29) is 5.41 Å². The lowest BCUT2D eigenvalue weighted by Crippen LogP contribution is -2.26. The van der Waals surface area contributed by atoms with Crippen molar-refractivity contribution in [3.05, 3.63) is 221 Å². The van der Waals surface area contributed by atoms with Gasteiger partial charge in [0, 0.05) is 22.5 Å². The van der Waals surface area contributed by atoms with Gasteiger partial charge in [-0.1, -0.05) is 166 Å². The van der Waals surface area contributed by atoms with Crippen molar-refractivity contribution >= 4 is 17.1 Å². The van der Waals surface area contributed by atoms with Gasteiger partial charge in [0.05, 0.1) is 5.41 Å². The minimum absolute atomic E-state index is 0.0894. The molecule has 0 saturated heterocycles. The lowest BCUT2D eigenvalue weighted by Gasteiger charge is -2.32. The molecule has 11 rings (SSSR count). The summed E-state index contributed by atoms with van der Waals surface area (Å²) < 4.78 is 0. The van der Waals surface area contributed by atoms with Crippen LogP contribution in [0.2, 0.25) is 0 Å². The molecule has 8 aromatic rings. The second-order valence-corrected chi connectivity index (χ2v) is 15.2. The fourth-order valence-corrected chi connectivity index (χ4v) is 10.1. The van der Waals surface area contributed by atoms with Gasteiger partial charge in [0.1, 0.15) is 0 Å². The van der Waals surface area contributed by atoms with Crippen LogP contribution in [0.25, 0.3) is 44.5 Å². The first-order valence-electron chi connectivity index (χ1n) is 18.7. The van der Waals surface area contributed by atoms with E-state index in [0.717, 1.165) is 17.1 Å². The summed E-state index contributed by atoms with van der Waals surface area (Å²) in [5.74, 6) is 0. The molecule has 0 saturated carbocycles. The van der Waals surface area contributed by atoms with Gasteiger partial charge in [-0.2, -0.15) is 0 Å². The van der Waals surface area contributed by atoms with Gasteiger partial charge in [-0.05, 0) is 114 Å². The Kier molecular flexibility index (Phi) is 6.29. The molecule has 0 heterocycles. The summed E-state index contributed by atoms with van der Waals surface area (Å²) in [5.41, 5.74) is 21.6. The summed E-state index contributed by atoms with van der Waals surface area (Å²) in [7, 11) is 0. The van der Waals surface area contributed by atoms with Crippen LogP contribution in [-0.2, 0) is 10.8 Å². The molecule has 3 aliphatic carbocycles. The van der Waals surface area contributed by atoms with Crippen LogP contribution in [0.4, 0.5) is 17.1 Å². The maximum absolute atomic E-state index is 2.43. The molecule has 0 aliphatic heterocycles. The van der Waals surface area contributed by atoms with E-state index in [1.54, 1.807) is 0 Å². The fourth-order valence-electron chi connectivity index (χ4n) is 10.1. The first-order valence-corrected chi connectivity index (χ1v) is 18.7. The molecule has 250 valence electrons. The third-order valence-electron chi connectivity index (χ3n) is 12.3. The molecule has 0 unspecified atom stereocenters. The lowest BCUT2D eigenvalue weighted by atomic mass is 9.68. The topological polar surface area (TPSA) is 3.24 Å². The molecule has 53 heavy (non-hydrogen) atoms.